The molecule has 17 nitrogen and oxygen atoms in total. The summed E-state index contributed by atoms with van der Waals surface area (Å²) in [5, 5.41) is 25.2. The number of hydrogen-bond acceptors (Lipinski definition) is 9. The average Bonchev–Trinajstić information content (AvgIpc) is 3.72. The molecule has 0 radical (unpaired) electrons. The summed E-state index contributed by atoms with van der Waals surface area (Å²) in [7, 11) is -4.28. The van der Waals surface area contributed by atoms with Crippen molar-refractivity contribution in [2.75, 3.05) is 6.54 Å². The molecule has 0 aromatic heterocycles. The smallest absolute Gasteiger partial charge is 0.303 e. The summed E-state index contributed by atoms with van der Waals surface area (Å²) in [6.07, 6.45) is 1.28. The Kier molecular flexibility index (Phi) is 18.4. The lowest BCUT2D eigenvalue weighted by Crippen LogP contribution is -2.60. The van der Waals surface area contributed by atoms with Gasteiger partial charge in [0.05, 0.1) is 0 Å². The maximum atomic E-state index is 14.4. The van der Waals surface area contributed by atoms with Crippen LogP contribution in [-0.2, 0) is 62.3 Å². The molecule has 3 aromatic rings. The minimum Gasteiger partial charge on any atom is -0.481 e. The van der Waals surface area contributed by atoms with Gasteiger partial charge in [0, 0.05) is 36.8 Å². The molecule has 5 atom stereocenters. The molecule has 1 aliphatic rings. The molecule has 0 aliphatic carbocycles. The number of hydrogen-bond donors (Lipinski definition) is 7. The van der Waals surface area contributed by atoms with Crippen LogP contribution >= 0.6 is 0 Å². The van der Waals surface area contributed by atoms with Gasteiger partial charge in [-0.3, -0.25) is 38.1 Å². The summed E-state index contributed by atoms with van der Waals surface area (Å²) in [6, 6.07) is 13.7. The summed E-state index contributed by atoms with van der Waals surface area (Å²) in [5.74, 6) is -5.05. The normalized spacial score (nSPS) is 16.1. The Labute approximate surface area is 387 Å². The molecule has 0 saturated carbocycles. The summed E-state index contributed by atoms with van der Waals surface area (Å²) < 4.78 is 32.1. The molecule has 18 heteroatoms. The van der Waals surface area contributed by atoms with Crippen molar-refractivity contribution in [3.8, 4) is 0 Å². The summed E-state index contributed by atoms with van der Waals surface area (Å²) >= 11 is 0. The molecular weight excluding hydrogens is 869 g/mol. The van der Waals surface area contributed by atoms with Gasteiger partial charge in [0.15, 0.2) is 0 Å². The third-order valence-corrected chi connectivity index (χ3v) is 11.8. The van der Waals surface area contributed by atoms with Crippen LogP contribution in [-0.4, -0.2) is 107 Å². The zero-order valence-electron chi connectivity index (χ0n) is 38.9. The average molecular weight is 935 g/mol. The first-order valence-electron chi connectivity index (χ1n) is 22.4. The zero-order chi connectivity index (χ0) is 49.0. The van der Waals surface area contributed by atoms with E-state index in [1.54, 1.807) is 53.7 Å². The highest BCUT2D eigenvalue weighted by Gasteiger charge is 2.40. The van der Waals surface area contributed by atoms with E-state index in [9.17, 15) is 51.6 Å². The number of carbonyl (C=O) groups is 7. The number of nitrogens with one attached hydrogen (secondary N) is 5. The standard InChI is InChI=1S/C48H66N6O11S/c1-8-14-36(50-41(57)37(52-46(62)47(2,3)4)27-30-22-24-31(25-23-30)29-66(63,64)65)45(61)54-26-13-20-39(54)44(60)51-38(28-33-17-11-16-32-15-9-10-18-34(32)33)42(58)49-35(19-12-21-40(55)56)43(59)53-48(5,6)7/h9-11,15-18,22-25,35-39H,8,12-14,19-21,26-29H2,1-7H3,(H,49,58)(H,50,57)(H,51,60)(H,52,62)(H,53,59)(H,55,56)(H,63,64,65)/t35-,36-,37-,38-,39-/m0/s1. The third kappa shape index (κ3) is 16.2. The van der Waals surface area contributed by atoms with E-state index in [4.69, 9.17) is 0 Å². The predicted molar refractivity (Wildman–Crippen MR) is 249 cm³/mol. The van der Waals surface area contributed by atoms with Crippen molar-refractivity contribution >= 4 is 62.3 Å². The number of carboxylic acid groups (broad SMARTS) is 1. The van der Waals surface area contributed by atoms with Crippen molar-refractivity contribution in [1.82, 2.24) is 31.5 Å². The van der Waals surface area contributed by atoms with Crippen molar-refractivity contribution < 1.29 is 51.6 Å². The Hall–Kier alpha value is -5.88. The minimum absolute atomic E-state index is 0.0139. The number of aliphatic carboxylic acids is 1. The molecule has 4 rings (SSSR count). The largest absolute Gasteiger partial charge is 0.481 e. The topological polar surface area (TPSA) is 257 Å². The number of amides is 6. The van der Waals surface area contributed by atoms with E-state index in [0.717, 1.165) is 16.3 Å². The second-order valence-corrected chi connectivity index (χ2v) is 20.5. The monoisotopic (exact) mass is 934 g/mol. The first kappa shape index (κ1) is 52.7. The molecule has 3 aromatic carbocycles. The molecule has 6 amide bonds. The van der Waals surface area contributed by atoms with Gasteiger partial charge in [-0.1, -0.05) is 101 Å². The molecule has 0 unspecified atom stereocenters. The highest BCUT2D eigenvalue weighted by atomic mass is 32.2. The number of carbonyl (C=O) groups excluding carboxylic acids is 6. The van der Waals surface area contributed by atoms with Crippen molar-refractivity contribution in [1.29, 1.82) is 0 Å². The van der Waals surface area contributed by atoms with E-state index in [1.165, 1.54) is 17.0 Å². The van der Waals surface area contributed by atoms with Crippen LogP contribution in [0.25, 0.3) is 10.8 Å². The number of rotatable bonds is 21. The van der Waals surface area contributed by atoms with E-state index >= 15 is 0 Å². The van der Waals surface area contributed by atoms with Crippen molar-refractivity contribution in [3.05, 3.63) is 83.4 Å². The Balaban J connectivity index is 1.60. The maximum absolute atomic E-state index is 14.4. The van der Waals surface area contributed by atoms with Crippen LogP contribution in [0.15, 0.2) is 66.7 Å². The Morgan fingerprint density at radius 2 is 1.33 bits per heavy atom. The Morgan fingerprint density at radius 3 is 1.94 bits per heavy atom. The first-order chi connectivity index (χ1) is 30.8. The fraction of sp³-hybridized carbons (Fsp3) is 0.521. The maximum Gasteiger partial charge on any atom is 0.303 e. The summed E-state index contributed by atoms with van der Waals surface area (Å²) in [4.78, 5) is 96.7. The SMILES string of the molecule is CCC[C@H](NC(=O)[C@H](Cc1ccc(CS(=O)(=O)O)cc1)NC(=O)C(C)(C)C)C(=O)N1CCC[C@H]1C(=O)N[C@@H](Cc1cccc2ccccc12)C(=O)N[C@@H](CCCC(=O)O)C(=O)NC(C)(C)C. The number of likely N-dealkylation sites (tertiary alicyclic amines) is 1. The van der Waals surface area contributed by atoms with Crippen LogP contribution in [0.3, 0.4) is 0 Å². The van der Waals surface area contributed by atoms with Gasteiger partial charge in [-0.05, 0) is 80.3 Å². The highest BCUT2D eigenvalue weighted by molar-refractivity contribution is 7.85. The molecule has 1 aliphatic heterocycles. The predicted octanol–water partition coefficient (Wildman–Crippen LogP) is 3.96. The molecular formula is C48H66N6O11S. The van der Waals surface area contributed by atoms with Crippen LogP contribution in [0.2, 0.25) is 0 Å². The second-order valence-electron chi connectivity index (χ2n) is 19.1. The van der Waals surface area contributed by atoms with Crippen LogP contribution in [0.5, 0.6) is 0 Å². The number of nitrogens with zero attached hydrogens (tertiary/aromatic N) is 1. The van der Waals surface area contributed by atoms with Gasteiger partial charge in [0.25, 0.3) is 10.1 Å². The van der Waals surface area contributed by atoms with Crippen LogP contribution in [0, 0.1) is 5.41 Å². The quantitative estimate of drug-likeness (QED) is 0.0753. The Morgan fingerprint density at radius 1 is 0.727 bits per heavy atom. The fourth-order valence-corrected chi connectivity index (χ4v) is 8.36. The van der Waals surface area contributed by atoms with E-state index in [-0.39, 0.29) is 51.5 Å². The lowest BCUT2D eigenvalue weighted by molar-refractivity contribution is -0.143. The molecule has 1 fully saturated rings. The summed E-state index contributed by atoms with van der Waals surface area (Å²) in [5.41, 5.74) is 0.0827. The zero-order valence-corrected chi connectivity index (χ0v) is 39.8. The van der Waals surface area contributed by atoms with Crippen molar-refractivity contribution in [2.24, 2.45) is 5.41 Å². The van der Waals surface area contributed by atoms with E-state index in [1.807, 2.05) is 49.4 Å². The third-order valence-electron chi connectivity index (χ3n) is 11.1. The molecule has 360 valence electrons. The number of carboxylic acids is 1. The van der Waals surface area contributed by atoms with Gasteiger partial charge in [0.2, 0.25) is 35.4 Å². The number of benzene rings is 3. The lowest BCUT2D eigenvalue weighted by Gasteiger charge is -2.31. The van der Waals surface area contributed by atoms with E-state index in [0.29, 0.717) is 24.0 Å². The van der Waals surface area contributed by atoms with Gasteiger partial charge in [-0.15, -0.1) is 0 Å². The van der Waals surface area contributed by atoms with Crippen LogP contribution in [0.4, 0.5) is 0 Å². The molecule has 7 N–H and O–H groups in total. The minimum atomic E-state index is -4.28. The molecule has 1 saturated heterocycles. The molecule has 1 heterocycles. The Bertz CT molecular complexity index is 2340. The van der Waals surface area contributed by atoms with E-state index < -0.39 is 98.4 Å². The summed E-state index contributed by atoms with van der Waals surface area (Å²) in [6.45, 7) is 12.4. The molecule has 0 bridgehead atoms. The molecule has 0 spiro atoms. The van der Waals surface area contributed by atoms with Gasteiger partial charge < -0.3 is 36.6 Å². The van der Waals surface area contributed by atoms with Gasteiger partial charge in [-0.25, -0.2) is 0 Å². The fourth-order valence-electron chi connectivity index (χ4n) is 7.75. The van der Waals surface area contributed by atoms with Crippen molar-refractivity contribution in [3.63, 3.8) is 0 Å². The van der Waals surface area contributed by atoms with Gasteiger partial charge >= 0.3 is 5.97 Å². The van der Waals surface area contributed by atoms with Crippen LogP contribution < -0.4 is 26.6 Å². The van der Waals surface area contributed by atoms with Crippen LogP contribution in [0.1, 0.15) is 110 Å². The second kappa shape index (κ2) is 23.0. The van der Waals surface area contributed by atoms with Crippen molar-refractivity contribution in [2.45, 2.75) is 148 Å². The highest BCUT2D eigenvalue weighted by Crippen LogP contribution is 2.23. The van der Waals surface area contributed by atoms with Gasteiger partial charge in [-0.2, -0.15) is 8.42 Å². The molecule has 66 heavy (non-hydrogen) atoms. The number of fused-ring (bicyclic) bond motifs is 1. The first-order valence-corrected chi connectivity index (χ1v) is 24.0. The lowest BCUT2D eigenvalue weighted by atomic mass is 9.94. The van der Waals surface area contributed by atoms with E-state index in [2.05, 4.69) is 26.6 Å². The van der Waals surface area contributed by atoms with Gasteiger partial charge in [0.1, 0.15) is 36.0 Å².